The first-order valence-corrected chi connectivity index (χ1v) is 5.25. The first-order chi connectivity index (χ1) is 5.15. The Hall–Kier alpha value is -0.150. The van der Waals surface area contributed by atoms with E-state index in [0.717, 1.165) is 10.2 Å². The molecule has 0 fully saturated rings. The molecule has 1 heterocycles. The van der Waals surface area contributed by atoms with Crippen LogP contribution in [0.1, 0.15) is 27.0 Å². The molecule has 1 rings (SSSR count). The first kappa shape index (κ1) is 8.94. The third-order valence-corrected chi connectivity index (χ3v) is 3.76. The van der Waals surface area contributed by atoms with E-state index < -0.39 is 0 Å². The second-order valence-electron chi connectivity index (χ2n) is 2.41. The van der Waals surface area contributed by atoms with E-state index in [0.29, 0.717) is 0 Å². The van der Waals surface area contributed by atoms with Gasteiger partial charge in [-0.05, 0) is 25.5 Å². The lowest BCUT2D eigenvalue weighted by atomic mass is 10.2. The molecule has 0 N–H and O–H groups in total. The van der Waals surface area contributed by atoms with Gasteiger partial charge in [0.15, 0.2) is 5.78 Å². The van der Waals surface area contributed by atoms with Crippen molar-refractivity contribution in [3.05, 3.63) is 21.4 Å². The molecule has 1 nitrogen and oxygen atoms in total. The van der Waals surface area contributed by atoms with Gasteiger partial charge in [0, 0.05) is 10.2 Å². The Morgan fingerprint density at radius 3 is 2.64 bits per heavy atom. The lowest BCUT2D eigenvalue weighted by Gasteiger charge is -1.86. The van der Waals surface area contributed by atoms with E-state index in [4.69, 9.17) is 0 Å². The van der Waals surface area contributed by atoms with Crippen molar-refractivity contribution in [1.29, 1.82) is 0 Å². The van der Waals surface area contributed by atoms with Crippen LogP contribution in [0.5, 0.6) is 0 Å². The highest BCUT2D eigenvalue weighted by Gasteiger charge is 2.06. The SMILES string of the molecule is CC(=O)c1cc(C)c(CBr)s1. The molecule has 0 spiro atoms. The minimum absolute atomic E-state index is 0.158. The summed E-state index contributed by atoms with van der Waals surface area (Å²) >= 11 is 4.94. The molecule has 0 unspecified atom stereocenters. The number of thiophene rings is 1. The van der Waals surface area contributed by atoms with Crippen LogP contribution in [0.25, 0.3) is 0 Å². The van der Waals surface area contributed by atoms with Crippen molar-refractivity contribution in [2.24, 2.45) is 0 Å². The van der Waals surface area contributed by atoms with Gasteiger partial charge in [-0.3, -0.25) is 4.79 Å². The molecule has 60 valence electrons. The molecule has 0 aliphatic carbocycles. The minimum Gasteiger partial charge on any atom is -0.294 e. The maximum atomic E-state index is 10.9. The summed E-state index contributed by atoms with van der Waals surface area (Å²) in [4.78, 5) is 13.0. The molecular weight excluding hydrogens is 224 g/mol. The topological polar surface area (TPSA) is 17.1 Å². The van der Waals surface area contributed by atoms with Crippen LogP contribution in [-0.4, -0.2) is 5.78 Å². The van der Waals surface area contributed by atoms with Gasteiger partial charge >= 0.3 is 0 Å². The van der Waals surface area contributed by atoms with E-state index >= 15 is 0 Å². The smallest absolute Gasteiger partial charge is 0.169 e. The van der Waals surface area contributed by atoms with Crippen LogP contribution in [0, 0.1) is 6.92 Å². The van der Waals surface area contributed by atoms with Crippen molar-refractivity contribution >= 4 is 33.0 Å². The van der Waals surface area contributed by atoms with Crippen LogP contribution in [0.15, 0.2) is 6.07 Å². The largest absolute Gasteiger partial charge is 0.294 e. The lowest BCUT2D eigenvalue weighted by molar-refractivity contribution is 0.102. The van der Waals surface area contributed by atoms with Crippen molar-refractivity contribution in [1.82, 2.24) is 0 Å². The number of hydrogen-bond acceptors (Lipinski definition) is 2. The molecule has 0 aliphatic heterocycles. The molecule has 0 aromatic carbocycles. The molecule has 0 saturated carbocycles. The number of aryl methyl sites for hydroxylation is 1. The fraction of sp³-hybridized carbons (Fsp3) is 0.375. The second kappa shape index (κ2) is 3.50. The molecule has 0 aliphatic rings. The molecule has 0 bridgehead atoms. The zero-order valence-corrected chi connectivity index (χ0v) is 8.88. The van der Waals surface area contributed by atoms with E-state index in [9.17, 15) is 4.79 Å². The second-order valence-corrected chi connectivity index (χ2v) is 4.10. The first-order valence-electron chi connectivity index (χ1n) is 3.31. The number of alkyl halides is 1. The van der Waals surface area contributed by atoms with Gasteiger partial charge in [-0.2, -0.15) is 0 Å². The molecule has 0 saturated heterocycles. The van der Waals surface area contributed by atoms with Crippen LogP contribution in [0.2, 0.25) is 0 Å². The summed E-state index contributed by atoms with van der Waals surface area (Å²) in [7, 11) is 0. The van der Waals surface area contributed by atoms with Gasteiger partial charge in [0.25, 0.3) is 0 Å². The number of ketones is 1. The quantitative estimate of drug-likeness (QED) is 0.566. The van der Waals surface area contributed by atoms with Crippen LogP contribution < -0.4 is 0 Å². The summed E-state index contributed by atoms with van der Waals surface area (Å²) in [6.07, 6.45) is 0. The Balaban J connectivity index is 3.05. The Bertz CT molecular complexity index is 278. The van der Waals surface area contributed by atoms with Crippen molar-refractivity contribution in [3.63, 3.8) is 0 Å². The molecular formula is C8H9BrOS. The standard InChI is InChI=1S/C8H9BrOS/c1-5-3-7(6(2)10)11-8(5)4-9/h3H,4H2,1-2H3. The van der Waals surface area contributed by atoms with Crippen LogP contribution in [0.4, 0.5) is 0 Å². The number of Topliss-reactive ketones (excluding diaryl/α,β-unsaturated/α-hetero) is 1. The number of halogens is 1. The van der Waals surface area contributed by atoms with Gasteiger partial charge in [-0.15, -0.1) is 11.3 Å². The normalized spacial score (nSPS) is 10.1. The Labute approximate surface area is 78.6 Å². The number of carbonyl (C=O) groups excluding carboxylic acids is 1. The average Bonchev–Trinajstić information content (AvgIpc) is 2.31. The molecule has 1 aromatic heterocycles. The summed E-state index contributed by atoms with van der Waals surface area (Å²) in [5.74, 6) is 0.158. The van der Waals surface area contributed by atoms with E-state index in [1.807, 2.05) is 13.0 Å². The molecule has 11 heavy (non-hydrogen) atoms. The number of rotatable bonds is 2. The Kier molecular flexibility index (Phi) is 2.84. The van der Waals surface area contributed by atoms with Gasteiger partial charge in [0.2, 0.25) is 0 Å². The van der Waals surface area contributed by atoms with Crippen LogP contribution in [0.3, 0.4) is 0 Å². The van der Waals surface area contributed by atoms with Crippen LogP contribution in [-0.2, 0) is 5.33 Å². The van der Waals surface area contributed by atoms with E-state index in [1.54, 1.807) is 18.3 Å². The molecule has 1 aromatic rings. The van der Waals surface area contributed by atoms with Crippen LogP contribution >= 0.6 is 27.3 Å². The van der Waals surface area contributed by atoms with Gasteiger partial charge in [0.1, 0.15) is 0 Å². The highest BCUT2D eigenvalue weighted by atomic mass is 79.9. The molecule has 3 heteroatoms. The molecule has 0 radical (unpaired) electrons. The van der Waals surface area contributed by atoms with Crippen molar-refractivity contribution in [2.75, 3.05) is 0 Å². The fourth-order valence-electron chi connectivity index (χ4n) is 0.826. The molecule has 0 amide bonds. The summed E-state index contributed by atoms with van der Waals surface area (Å²) in [5.41, 5.74) is 1.21. The summed E-state index contributed by atoms with van der Waals surface area (Å²) in [6.45, 7) is 3.63. The maximum absolute atomic E-state index is 10.9. The highest BCUT2D eigenvalue weighted by molar-refractivity contribution is 9.08. The van der Waals surface area contributed by atoms with Crippen molar-refractivity contribution < 1.29 is 4.79 Å². The Morgan fingerprint density at radius 1 is 1.73 bits per heavy atom. The maximum Gasteiger partial charge on any atom is 0.169 e. The summed E-state index contributed by atoms with van der Waals surface area (Å²) in [5, 5.41) is 0.844. The fourth-order valence-corrected chi connectivity index (χ4v) is 2.53. The minimum atomic E-state index is 0.158. The highest BCUT2D eigenvalue weighted by Crippen LogP contribution is 2.24. The third kappa shape index (κ3) is 1.91. The third-order valence-electron chi connectivity index (χ3n) is 1.49. The molecule has 0 atom stereocenters. The van der Waals surface area contributed by atoms with Gasteiger partial charge in [0.05, 0.1) is 4.88 Å². The monoisotopic (exact) mass is 232 g/mol. The van der Waals surface area contributed by atoms with E-state index in [-0.39, 0.29) is 5.78 Å². The summed E-state index contributed by atoms with van der Waals surface area (Å²) in [6, 6.07) is 1.95. The van der Waals surface area contributed by atoms with Gasteiger partial charge in [-0.1, -0.05) is 15.9 Å². The van der Waals surface area contributed by atoms with Gasteiger partial charge < -0.3 is 0 Å². The van der Waals surface area contributed by atoms with Gasteiger partial charge in [-0.25, -0.2) is 0 Å². The number of carbonyl (C=O) groups is 1. The van der Waals surface area contributed by atoms with Crippen molar-refractivity contribution in [3.8, 4) is 0 Å². The van der Waals surface area contributed by atoms with E-state index in [2.05, 4.69) is 15.9 Å². The lowest BCUT2D eigenvalue weighted by Crippen LogP contribution is -1.83. The Morgan fingerprint density at radius 2 is 2.36 bits per heavy atom. The van der Waals surface area contributed by atoms with Crippen molar-refractivity contribution in [2.45, 2.75) is 19.2 Å². The predicted molar refractivity (Wildman–Crippen MR) is 51.7 cm³/mol. The summed E-state index contributed by atoms with van der Waals surface area (Å²) < 4.78 is 0. The van der Waals surface area contributed by atoms with E-state index in [1.165, 1.54) is 10.4 Å². The zero-order valence-electron chi connectivity index (χ0n) is 6.48. The number of hydrogen-bond donors (Lipinski definition) is 0. The predicted octanol–water partition coefficient (Wildman–Crippen LogP) is 3.15. The zero-order chi connectivity index (χ0) is 8.43. The average molecular weight is 233 g/mol.